The first-order valence-corrected chi connectivity index (χ1v) is 9.42. The van der Waals surface area contributed by atoms with Crippen LogP contribution < -0.4 is 4.74 Å². The minimum atomic E-state index is 0.388. The van der Waals surface area contributed by atoms with Crippen LogP contribution in [-0.2, 0) is 13.0 Å². The largest absolute Gasteiger partial charge is 0.467 e. The molecule has 3 heterocycles. The fourth-order valence-corrected chi connectivity index (χ4v) is 4.08. The number of hydrogen-bond donors (Lipinski definition) is 0. The molecule has 0 amide bonds. The lowest BCUT2D eigenvalue weighted by Crippen LogP contribution is -2.41. The minimum Gasteiger partial charge on any atom is -0.467 e. The van der Waals surface area contributed by atoms with Crippen LogP contribution in [0.3, 0.4) is 0 Å². The summed E-state index contributed by atoms with van der Waals surface area (Å²) < 4.78 is 7.54. The standard InChI is InChI=1S/C20H23N5O/c1-26-20-21-9-7-16(23-20)14-5-6-18-17(13-14)22-19-8-10-24(11-12-25(18)19)15-3-2-4-15/h5-7,9,13,15H,2-4,8,10-12H2,1H3. The first-order chi connectivity index (χ1) is 12.8. The molecular formula is C20H23N5O. The highest BCUT2D eigenvalue weighted by molar-refractivity contribution is 5.82. The van der Waals surface area contributed by atoms with Gasteiger partial charge in [-0.25, -0.2) is 9.97 Å². The van der Waals surface area contributed by atoms with E-state index in [0.29, 0.717) is 6.01 Å². The van der Waals surface area contributed by atoms with E-state index in [2.05, 4.69) is 37.6 Å². The lowest BCUT2D eigenvalue weighted by atomic mass is 9.91. The van der Waals surface area contributed by atoms with Crippen LogP contribution in [0.15, 0.2) is 30.5 Å². The van der Waals surface area contributed by atoms with Gasteiger partial charge in [0.25, 0.3) is 0 Å². The van der Waals surface area contributed by atoms with Crippen LogP contribution in [0.25, 0.3) is 22.3 Å². The van der Waals surface area contributed by atoms with Gasteiger partial charge in [-0.05, 0) is 31.0 Å². The SMILES string of the molecule is COc1nccc(-c2ccc3c(c2)nc2n3CCN(C3CCC3)CC2)n1. The third-order valence-corrected chi connectivity index (χ3v) is 5.76. The highest BCUT2D eigenvalue weighted by Gasteiger charge is 2.27. The van der Waals surface area contributed by atoms with Crippen molar-refractivity contribution in [3.8, 4) is 17.3 Å². The number of ether oxygens (including phenoxy) is 1. The van der Waals surface area contributed by atoms with E-state index in [0.717, 1.165) is 48.9 Å². The minimum absolute atomic E-state index is 0.388. The molecule has 0 atom stereocenters. The molecule has 134 valence electrons. The molecule has 1 aliphatic heterocycles. The zero-order chi connectivity index (χ0) is 17.5. The lowest BCUT2D eigenvalue weighted by molar-refractivity contribution is 0.130. The molecule has 1 saturated carbocycles. The number of benzene rings is 1. The van der Waals surface area contributed by atoms with Crippen LogP contribution in [-0.4, -0.2) is 50.7 Å². The van der Waals surface area contributed by atoms with Crippen molar-refractivity contribution in [2.24, 2.45) is 0 Å². The van der Waals surface area contributed by atoms with E-state index in [4.69, 9.17) is 9.72 Å². The van der Waals surface area contributed by atoms with E-state index < -0.39 is 0 Å². The Labute approximate surface area is 152 Å². The summed E-state index contributed by atoms with van der Waals surface area (Å²) in [5, 5.41) is 0. The van der Waals surface area contributed by atoms with Crippen LogP contribution >= 0.6 is 0 Å². The van der Waals surface area contributed by atoms with Gasteiger partial charge in [0.05, 0.1) is 23.8 Å². The Bertz CT molecular complexity index is 947. The van der Waals surface area contributed by atoms with Gasteiger partial charge in [-0.1, -0.05) is 12.5 Å². The molecule has 0 bridgehead atoms. The van der Waals surface area contributed by atoms with E-state index >= 15 is 0 Å². The third kappa shape index (κ3) is 2.65. The lowest BCUT2D eigenvalue weighted by Gasteiger charge is -2.36. The van der Waals surface area contributed by atoms with Gasteiger partial charge in [0.1, 0.15) is 5.82 Å². The van der Waals surface area contributed by atoms with Crippen LogP contribution in [0, 0.1) is 0 Å². The maximum Gasteiger partial charge on any atom is 0.316 e. The summed E-state index contributed by atoms with van der Waals surface area (Å²) in [6.45, 7) is 3.29. The van der Waals surface area contributed by atoms with Crippen molar-refractivity contribution in [3.05, 3.63) is 36.3 Å². The monoisotopic (exact) mass is 349 g/mol. The Morgan fingerprint density at radius 3 is 2.81 bits per heavy atom. The number of imidazole rings is 1. The van der Waals surface area contributed by atoms with Crippen LogP contribution in [0.1, 0.15) is 25.1 Å². The fraction of sp³-hybridized carbons (Fsp3) is 0.450. The molecule has 2 aromatic heterocycles. The Kier molecular flexibility index (Phi) is 3.85. The van der Waals surface area contributed by atoms with Crippen molar-refractivity contribution in [2.45, 2.75) is 38.3 Å². The van der Waals surface area contributed by atoms with Crippen molar-refractivity contribution in [2.75, 3.05) is 20.2 Å². The number of rotatable bonds is 3. The number of aromatic nitrogens is 4. The van der Waals surface area contributed by atoms with Gasteiger partial charge in [0.2, 0.25) is 0 Å². The normalized spacial score (nSPS) is 18.3. The number of nitrogens with zero attached hydrogens (tertiary/aromatic N) is 5. The second-order valence-corrected chi connectivity index (χ2v) is 7.18. The summed E-state index contributed by atoms with van der Waals surface area (Å²) in [7, 11) is 1.58. The van der Waals surface area contributed by atoms with E-state index in [9.17, 15) is 0 Å². The van der Waals surface area contributed by atoms with E-state index in [-0.39, 0.29) is 0 Å². The first-order valence-electron chi connectivity index (χ1n) is 9.42. The smallest absolute Gasteiger partial charge is 0.316 e. The maximum atomic E-state index is 5.14. The average Bonchev–Trinajstić information content (AvgIpc) is 2.86. The molecule has 1 aliphatic carbocycles. The van der Waals surface area contributed by atoms with Crippen LogP contribution in [0.4, 0.5) is 0 Å². The Morgan fingerprint density at radius 1 is 1.08 bits per heavy atom. The number of fused-ring (bicyclic) bond motifs is 3. The van der Waals surface area contributed by atoms with Gasteiger partial charge in [-0.2, -0.15) is 4.98 Å². The van der Waals surface area contributed by atoms with Gasteiger partial charge in [0, 0.05) is 43.9 Å². The molecule has 0 unspecified atom stereocenters. The van der Waals surface area contributed by atoms with E-state index in [1.165, 1.54) is 30.6 Å². The maximum absolute atomic E-state index is 5.14. The molecule has 6 nitrogen and oxygen atoms in total. The topological polar surface area (TPSA) is 56.1 Å². The molecule has 3 aromatic rings. The van der Waals surface area contributed by atoms with Crippen molar-refractivity contribution in [3.63, 3.8) is 0 Å². The Balaban J connectivity index is 1.46. The Morgan fingerprint density at radius 2 is 2.00 bits per heavy atom. The van der Waals surface area contributed by atoms with Gasteiger partial charge in [-0.15, -0.1) is 0 Å². The average molecular weight is 349 g/mol. The summed E-state index contributed by atoms with van der Waals surface area (Å²) in [6.07, 6.45) is 6.89. The van der Waals surface area contributed by atoms with Crippen LogP contribution in [0.5, 0.6) is 6.01 Å². The zero-order valence-electron chi connectivity index (χ0n) is 15.1. The summed E-state index contributed by atoms with van der Waals surface area (Å²) >= 11 is 0. The van der Waals surface area contributed by atoms with Crippen molar-refractivity contribution in [1.29, 1.82) is 0 Å². The molecule has 1 fully saturated rings. The van der Waals surface area contributed by atoms with Crippen molar-refractivity contribution >= 4 is 11.0 Å². The summed E-state index contributed by atoms with van der Waals surface area (Å²) in [6, 6.07) is 9.52. The summed E-state index contributed by atoms with van der Waals surface area (Å²) in [5.74, 6) is 1.21. The molecule has 0 saturated heterocycles. The second-order valence-electron chi connectivity index (χ2n) is 7.18. The molecular weight excluding hydrogens is 326 g/mol. The van der Waals surface area contributed by atoms with Gasteiger partial charge < -0.3 is 9.30 Å². The molecule has 5 rings (SSSR count). The highest BCUT2D eigenvalue weighted by atomic mass is 16.5. The zero-order valence-corrected chi connectivity index (χ0v) is 15.1. The molecule has 0 spiro atoms. The molecule has 6 heteroatoms. The summed E-state index contributed by atoms with van der Waals surface area (Å²) in [4.78, 5) is 16.1. The number of hydrogen-bond acceptors (Lipinski definition) is 5. The predicted octanol–water partition coefficient (Wildman–Crippen LogP) is 2.91. The summed E-state index contributed by atoms with van der Waals surface area (Å²) in [5.41, 5.74) is 4.17. The van der Waals surface area contributed by atoms with Crippen molar-refractivity contribution < 1.29 is 4.74 Å². The molecule has 2 aliphatic rings. The van der Waals surface area contributed by atoms with E-state index in [1.807, 2.05) is 6.07 Å². The fourth-order valence-electron chi connectivity index (χ4n) is 4.08. The molecule has 26 heavy (non-hydrogen) atoms. The van der Waals surface area contributed by atoms with E-state index in [1.54, 1.807) is 13.3 Å². The third-order valence-electron chi connectivity index (χ3n) is 5.76. The number of methoxy groups -OCH3 is 1. The Hall–Kier alpha value is -2.47. The van der Waals surface area contributed by atoms with Crippen LogP contribution in [0.2, 0.25) is 0 Å². The predicted molar refractivity (Wildman–Crippen MR) is 100 cm³/mol. The highest BCUT2D eigenvalue weighted by Crippen LogP contribution is 2.29. The molecule has 0 N–H and O–H groups in total. The molecule has 0 radical (unpaired) electrons. The van der Waals surface area contributed by atoms with Gasteiger partial charge >= 0.3 is 6.01 Å². The van der Waals surface area contributed by atoms with Gasteiger partial charge in [-0.3, -0.25) is 4.90 Å². The van der Waals surface area contributed by atoms with Crippen molar-refractivity contribution in [1.82, 2.24) is 24.4 Å². The first kappa shape index (κ1) is 15.8. The quantitative estimate of drug-likeness (QED) is 0.728. The van der Waals surface area contributed by atoms with Gasteiger partial charge in [0.15, 0.2) is 0 Å². The second kappa shape index (κ2) is 6.36. The molecule has 1 aromatic carbocycles.